The van der Waals surface area contributed by atoms with Crippen molar-refractivity contribution in [3.8, 4) is 0 Å². The van der Waals surface area contributed by atoms with Crippen molar-refractivity contribution in [1.82, 2.24) is 14.7 Å². The van der Waals surface area contributed by atoms with Gasteiger partial charge in [0.05, 0.1) is 16.7 Å². The number of benzene rings is 1. The van der Waals surface area contributed by atoms with Crippen LogP contribution >= 0.6 is 11.3 Å². The van der Waals surface area contributed by atoms with Crippen LogP contribution in [0.2, 0.25) is 0 Å². The number of hydrogen-bond acceptors (Lipinski definition) is 7. The molecule has 11 heteroatoms. The van der Waals surface area contributed by atoms with E-state index < -0.39 is 27.9 Å². The lowest BCUT2D eigenvalue weighted by atomic mass is 9.89. The molecule has 2 heterocycles. The van der Waals surface area contributed by atoms with E-state index in [1.165, 1.54) is 16.2 Å². The first-order chi connectivity index (χ1) is 15.6. The number of nitrogens with one attached hydrogen (secondary N) is 2. The van der Waals surface area contributed by atoms with Crippen LogP contribution in [0.5, 0.6) is 0 Å². The molecule has 1 aliphatic carbocycles. The number of aromatic nitrogens is 2. The fourth-order valence-corrected chi connectivity index (χ4v) is 6.28. The second kappa shape index (κ2) is 9.32. The molecule has 1 aliphatic rings. The average molecular weight is 494 g/mol. The molecule has 0 amide bonds. The summed E-state index contributed by atoms with van der Waals surface area (Å²) in [6.45, 7) is 3.60. The van der Waals surface area contributed by atoms with Crippen molar-refractivity contribution in [2.24, 2.45) is 5.92 Å². The number of sulfonamides is 1. The average Bonchev–Trinajstić information content (AvgIpc) is 3.11. The van der Waals surface area contributed by atoms with Crippen LogP contribution in [0.25, 0.3) is 10.2 Å². The molecule has 2 atom stereocenters. The standard InChI is InChI=1S/C22H24FN3O5S2/c1-12-3-8-16-17(11-12)32-22-19(16)21(28)25-20(26-22)13(2)31-18(27)9-10-24-33(29,30)15-6-4-14(23)5-7-15/h4-7,12-13,24H,3,8-11H2,1-2H3,(H,25,26,28)/t12-,13-/m1/s1. The van der Waals surface area contributed by atoms with Gasteiger partial charge < -0.3 is 9.72 Å². The third kappa shape index (κ3) is 5.15. The van der Waals surface area contributed by atoms with Crippen LogP contribution in [0.3, 0.4) is 0 Å². The first kappa shape index (κ1) is 23.5. The fourth-order valence-electron chi connectivity index (χ4n) is 3.85. The van der Waals surface area contributed by atoms with Gasteiger partial charge in [-0.1, -0.05) is 6.92 Å². The number of fused-ring (bicyclic) bond motifs is 3. The number of ether oxygens (including phenoxy) is 1. The minimum Gasteiger partial charge on any atom is -0.454 e. The highest BCUT2D eigenvalue weighted by Gasteiger charge is 2.24. The van der Waals surface area contributed by atoms with Gasteiger partial charge in [-0.25, -0.2) is 22.5 Å². The minimum absolute atomic E-state index is 0.103. The quantitative estimate of drug-likeness (QED) is 0.488. The van der Waals surface area contributed by atoms with Crippen molar-refractivity contribution in [3.63, 3.8) is 0 Å². The summed E-state index contributed by atoms with van der Waals surface area (Å²) in [5, 5.41) is 0.624. The zero-order chi connectivity index (χ0) is 23.8. The third-order valence-electron chi connectivity index (χ3n) is 5.62. The van der Waals surface area contributed by atoms with Gasteiger partial charge in [0.25, 0.3) is 5.56 Å². The molecule has 0 radical (unpaired) electrons. The van der Waals surface area contributed by atoms with Crippen LogP contribution in [0.15, 0.2) is 34.0 Å². The highest BCUT2D eigenvalue weighted by Crippen LogP contribution is 2.36. The van der Waals surface area contributed by atoms with E-state index in [1.54, 1.807) is 6.92 Å². The molecule has 0 unspecified atom stereocenters. The van der Waals surface area contributed by atoms with E-state index in [9.17, 15) is 22.4 Å². The van der Waals surface area contributed by atoms with Gasteiger partial charge in [0.2, 0.25) is 10.0 Å². The normalized spacial score (nSPS) is 17.0. The van der Waals surface area contributed by atoms with Crippen LogP contribution in [-0.4, -0.2) is 30.9 Å². The number of rotatable bonds is 7. The van der Waals surface area contributed by atoms with Crippen molar-refractivity contribution >= 4 is 37.5 Å². The number of hydrogen-bond donors (Lipinski definition) is 2. The number of nitrogens with zero attached hydrogens (tertiary/aromatic N) is 1. The second-order valence-electron chi connectivity index (χ2n) is 8.22. The van der Waals surface area contributed by atoms with E-state index in [4.69, 9.17) is 4.74 Å². The molecule has 0 saturated carbocycles. The van der Waals surface area contributed by atoms with E-state index in [2.05, 4.69) is 21.6 Å². The van der Waals surface area contributed by atoms with Crippen LogP contribution in [-0.2, 0) is 32.4 Å². The van der Waals surface area contributed by atoms with Gasteiger partial charge in [0, 0.05) is 11.4 Å². The summed E-state index contributed by atoms with van der Waals surface area (Å²) in [7, 11) is -3.87. The lowest BCUT2D eigenvalue weighted by Gasteiger charge is -2.17. The predicted molar refractivity (Wildman–Crippen MR) is 122 cm³/mol. The number of aromatic amines is 1. The first-order valence-electron chi connectivity index (χ1n) is 10.6. The smallest absolute Gasteiger partial charge is 0.307 e. The van der Waals surface area contributed by atoms with Crippen LogP contribution < -0.4 is 10.3 Å². The lowest BCUT2D eigenvalue weighted by Crippen LogP contribution is -2.27. The van der Waals surface area contributed by atoms with E-state index in [0.29, 0.717) is 16.1 Å². The van der Waals surface area contributed by atoms with Gasteiger partial charge in [0.1, 0.15) is 10.6 Å². The Morgan fingerprint density at radius 1 is 1.36 bits per heavy atom. The Balaban J connectivity index is 1.38. The van der Waals surface area contributed by atoms with Gasteiger partial charge >= 0.3 is 5.97 Å². The lowest BCUT2D eigenvalue weighted by molar-refractivity contribution is -0.148. The molecule has 0 fully saturated rings. The summed E-state index contributed by atoms with van der Waals surface area (Å²) < 4.78 is 45.0. The van der Waals surface area contributed by atoms with Crippen molar-refractivity contribution < 1.29 is 22.3 Å². The summed E-state index contributed by atoms with van der Waals surface area (Å²) >= 11 is 1.51. The van der Waals surface area contributed by atoms with Gasteiger partial charge in [-0.15, -0.1) is 11.3 Å². The van der Waals surface area contributed by atoms with Crippen LogP contribution in [0, 0.1) is 11.7 Å². The largest absolute Gasteiger partial charge is 0.454 e. The molecule has 176 valence electrons. The van der Waals surface area contributed by atoms with Crippen molar-refractivity contribution in [2.45, 2.75) is 50.5 Å². The summed E-state index contributed by atoms with van der Waals surface area (Å²) in [5.41, 5.74) is 0.837. The molecule has 4 rings (SSSR count). The number of halogens is 1. The zero-order valence-corrected chi connectivity index (χ0v) is 19.8. The second-order valence-corrected chi connectivity index (χ2v) is 11.1. The molecule has 8 nitrogen and oxygen atoms in total. The van der Waals surface area contributed by atoms with Crippen LogP contribution in [0.1, 0.15) is 49.1 Å². The number of carbonyl (C=O) groups is 1. The molecule has 0 aliphatic heterocycles. The molecule has 0 spiro atoms. The topological polar surface area (TPSA) is 118 Å². The van der Waals surface area contributed by atoms with Gasteiger partial charge in [-0.3, -0.25) is 9.59 Å². The molecule has 33 heavy (non-hydrogen) atoms. The summed E-state index contributed by atoms with van der Waals surface area (Å²) in [4.78, 5) is 33.9. The SMILES string of the molecule is C[C@@H]1CCc2c(sc3nc([C@@H](C)OC(=O)CCNS(=O)(=O)c4ccc(F)cc4)[nH]c(=O)c23)C1. The molecule has 0 bridgehead atoms. The summed E-state index contributed by atoms with van der Waals surface area (Å²) in [5.74, 6) is -0.371. The Kier molecular flexibility index (Phi) is 6.64. The number of thiophene rings is 1. The molecule has 0 saturated heterocycles. The summed E-state index contributed by atoms with van der Waals surface area (Å²) in [6, 6.07) is 4.36. The van der Waals surface area contributed by atoms with Gasteiger partial charge in [-0.05, 0) is 61.9 Å². The highest BCUT2D eigenvalue weighted by atomic mass is 32.2. The maximum Gasteiger partial charge on any atom is 0.307 e. The molecular weight excluding hydrogens is 469 g/mol. The Bertz CT molecular complexity index is 1350. The third-order valence-corrected chi connectivity index (χ3v) is 8.25. The molecule has 2 N–H and O–H groups in total. The van der Waals surface area contributed by atoms with Crippen LogP contribution in [0.4, 0.5) is 4.39 Å². The molecule has 2 aromatic heterocycles. The van der Waals surface area contributed by atoms with E-state index in [-0.39, 0.29) is 29.2 Å². The van der Waals surface area contributed by atoms with Crippen molar-refractivity contribution in [2.75, 3.05) is 6.54 Å². The fraction of sp³-hybridized carbons (Fsp3) is 0.409. The predicted octanol–water partition coefficient (Wildman–Crippen LogP) is 3.22. The maximum atomic E-state index is 13.0. The minimum atomic E-state index is -3.87. The molecule has 3 aromatic rings. The monoisotopic (exact) mass is 493 g/mol. The Morgan fingerprint density at radius 3 is 2.82 bits per heavy atom. The number of aryl methyl sites for hydroxylation is 1. The first-order valence-corrected chi connectivity index (χ1v) is 12.9. The summed E-state index contributed by atoms with van der Waals surface area (Å²) in [6.07, 6.45) is 1.81. The Hall–Kier alpha value is -2.63. The zero-order valence-electron chi connectivity index (χ0n) is 18.2. The highest BCUT2D eigenvalue weighted by molar-refractivity contribution is 7.89. The molecule has 1 aromatic carbocycles. The van der Waals surface area contributed by atoms with E-state index in [0.717, 1.165) is 49.1 Å². The van der Waals surface area contributed by atoms with Crippen molar-refractivity contribution in [3.05, 3.63) is 56.7 Å². The molecular formula is C22H24FN3O5S2. The van der Waals surface area contributed by atoms with Crippen molar-refractivity contribution in [1.29, 1.82) is 0 Å². The Morgan fingerprint density at radius 2 is 2.09 bits per heavy atom. The van der Waals surface area contributed by atoms with Gasteiger partial charge in [-0.2, -0.15) is 0 Å². The number of H-pyrrole nitrogens is 1. The number of carbonyl (C=O) groups excluding carboxylic acids is 1. The maximum absolute atomic E-state index is 13.0. The number of esters is 1. The van der Waals surface area contributed by atoms with E-state index in [1.807, 2.05) is 0 Å². The van der Waals surface area contributed by atoms with Gasteiger partial charge in [0.15, 0.2) is 11.9 Å². The van der Waals surface area contributed by atoms with E-state index >= 15 is 0 Å². The Labute approximate surface area is 194 Å².